The molecule has 0 saturated carbocycles. The van der Waals surface area contributed by atoms with Gasteiger partial charge in [0.15, 0.2) is 16.9 Å². The van der Waals surface area contributed by atoms with Gasteiger partial charge in [0.05, 0.1) is 38.8 Å². The third-order valence-corrected chi connectivity index (χ3v) is 5.09. The monoisotopic (exact) mass is 422 g/mol. The van der Waals surface area contributed by atoms with Crippen LogP contribution in [0, 0.1) is 0 Å². The number of nitrogens with one attached hydrogen (secondary N) is 2. The zero-order chi connectivity index (χ0) is 22.1. The highest BCUT2D eigenvalue weighted by molar-refractivity contribution is 6.09. The van der Waals surface area contributed by atoms with Crippen LogP contribution in [0.3, 0.4) is 0 Å². The van der Waals surface area contributed by atoms with Crippen molar-refractivity contribution in [2.45, 2.75) is 6.92 Å². The third-order valence-electron chi connectivity index (χ3n) is 5.09. The van der Waals surface area contributed by atoms with Crippen LogP contribution in [-0.2, 0) is 4.74 Å². The number of pyridine rings is 1. The summed E-state index contributed by atoms with van der Waals surface area (Å²) in [4.78, 5) is 32.5. The number of hydrogen-bond donors (Lipinski definition) is 2. The maximum absolute atomic E-state index is 13.4. The van der Waals surface area contributed by atoms with Crippen molar-refractivity contribution in [1.29, 1.82) is 0 Å². The second-order valence-electron chi connectivity index (χ2n) is 6.76. The van der Waals surface area contributed by atoms with E-state index in [2.05, 4.69) is 9.97 Å². The van der Waals surface area contributed by atoms with Gasteiger partial charge in [0.2, 0.25) is 5.75 Å². The predicted octanol–water partition coefficient (Wildman–Crippen LogP) is 3.88. The van der Waals surface area contributed by atoms with Crippen LogP contribution in [-0.4, -0.2) is 43.9 Å². The minimum Gasteiger partial charge on any atom is -0.493 e. The first-order chi connectivity index (χ1) is 15.0. The number of H-pyrrole nitrogens is 2. The highest BCUT2D eigenvalue weighted by atomic mass is 16.5. The van der Waals surface area contributed by atoms with E-state index >= 15 is 0 Å². The Morgan fingerprint density at radius 1 is 0.968 bits per heavy atom. The summed E-state index contributed by atoms with van der Waals surface area (Å²) in [5, 5.41) is 0.856. The van der Waals surface area contributed by atoms with Crippen LogP contribution >= 0.6 is 0 Å². The number of ether oxygens (including phenoxy) is 4. The molecular weight excluding hydrogens is 400 g/mol. The zero-order valence-electron chi connectivity index (χ0n) is 17.6. The predicted molar refractivity (Wildman–Crippen MR) is 117 cm³/mol. The van der Waals surface area contributed by atoms with Gasteiger partial charge in [0.25, 0.3) is 0 Å². The van der Waals surface area contributed by atoms with Crippen LogP contribution in [0.1, 0.15) is 17.4 Å². The number of hydrogen-bond acceptors (Lipinski definition) is 6. The molecule has 4 rings (SSSR count). The summed E-state index contributed by atoms with van der Waals surface area (Å²) in [5.41, 5.74) is 1.99. The number of aromatic amines is 2. The Labute approximate surface area is 177 Å². The van der Waals surface area contributed by atoms with Gasteiger partial charge < -0.3 is 28.9 Å². The molecule has 0 amide bonds. The minimum absolute atomic E-state index is 0.162. The molecule has 31 heavy (non-hydrogen) atoms. The van der Waals surface area contributed by atoms with Crippen molar-refractivity contribution in [2.75, 3.05) is 27.9 Å². The van der Waals surface area contributed by atoms with Gasteiger partial charge in [-0.2, -0.15) is 0 Å². The summed E-state index contributed by atoms with van der Waals surface area (Å²) in [6, 6.07) is 10.6. The smallest absolute Gasteiger partial charge is 0.355 e. The van der Waals surface area contributed by atoms with Crippen molar-refractivity contribution in [3.05, 3.63) is 52.3 Å². The number of rotatable bonds is 6. The zero-order valence-corrected chi connectivity index (χ0v) is 17.6. The van der Waals surface area contributed by atoms with E-state index in [0.29, 0.717) is 50.3 Å². The summed E-state index contributed by atoms with van der Waals surface area (Å²) in [6.07, 6.45) is 0. The van der Waals surface area contributed by atoms with Crippen LogP contribution in [0.4, 0.5) is 0 Å². The Bertz CT molecular complexity index is 1330. The molecule has 2 aromatic heterocycles. The van der Waals surface area contributed by atoms with Crippen molar-refractivity contribution in [2.24, 2.45) is 0 Å². The number of carbonyl (C=O) groups is 1. The molecule has 0 fully saturated rings. The Morgan fingerprint density at radius 2 is 1.65 bits per heavy atom. The quantitative estimate of drug-likeness (QED) is 0.457. The third kappa shape index (κ3) is 3.26. The number of esters is 1. The van der Waals surface area contributed by atoms with Gasteiger partial charge in [0.1, 0.15) is 11.3 Å². The molecule has 160 valence electrons. The second kappa shape index (κ2) is 8.06. The lowest BCUT2D eigenvalue weighted by Crippen LogP contribution is -2.07. The molecule has 0 unspecified atom stereocenters. The van der Waals surface area contributed by atoms with Gasteiger partial charge in [-0.05, 0) is 36.8 Å². The van der Waals surface area contributed by atoms with Gasteiger partial charge in [-0.3, -0.25) is 4.79 Å². The van der Waals surface area contributed by atoms with E-state index in [-0.39, 0.29) is 17.7 Å². The maximum atomic E-state index is 13.4. The molecule has 4 aromatic rings. The van der Waals surface area contributed by atoms with E-state index < -0.39 is 5.97 Å². The van der Waals surface area contributed by atoms with E-state index in [0.717, 1.165) is 0 Å². The molecule has 0 spiro atoms. The van der Waals surface area contributed by atoms with E-state index in [4.69, 9.17) is 18.9 Å². The Hall–Kier alpha value is -3.94. The lowest BCUT2D eigenvalue weighted by atomic mass is 10.00. The molecule has 2 aromatic carbocycles. The van der Waals surface area contributed by atoms with Gasteiger partial charge in [-0.1, -0.05) is 12.1 Å². The summed E-state index contributed by atoms with van der Waals surface area (Å²) >= 11 is 0. The van der Waals surface area contributed by atoms with Crippen LogP contribution in [0.25, 0.3) is 33.1 Å². The molecule has 0 atom stereocenters. The second-order valence-corrected chi connectivity index (χ2v) is 6.76. The maximum Gasteiger partial charge on any atom is 0.355 e. The summed E-state index contributed by atoms with van der Waals surface area (Å²) < 4.78 is 21.6. The van der Waals surface area contributed by atoms with Crippen LogP contribution in [0.15, 0.2) is 41.2 Å². The highest BCUT2D eigenvalue weighted by Gasteiger charge is 2.26. The fourth-order valence-corrected chi connectivity index (χ4v) is 3.75. The first-order valence-electron chi connectivity index (χ1n) is 9.68. The number of fused-ring (bicyclic) bond motifs is 2. The molecule has 8 heteroatoms. The molecule has 2 heterocycles. The molecule has 0 aliphatic heterocycles. The topological polar surface area (TPSA) is 103 Å². The number of para-hydroxylation sites is 1. The average Bonchev–Trinajstić information content (AvgIpc) is 3.18. The number of aromatic nitrogens is 2. The molecule has 8 nitrogen and oxygen atoms in total. The number of benzene rings is 2. The molecule has 0 bridgehead atoms. The van der Waals surface area contributed by atoms with Crippen LogP contribution in [0.5, 0.6) is 17.2 Å². The van der Waals surface area contributed by atoms with Crippen LogP contribution in [0.2, 0.25) is 0 Å². The van der Waals surface area contributed by atoms with E-state index in [1.807, 2.05) is 6.07 Å². The Balaban J connectivity index is 2.13. The highest BCUT2D eigenvalue weighted by Crippen LogP contribution is 2.43. The average molecular weight is 422 g/mol. The van der Waals surface area contributed by atoms with Gasteiger partial charge in [0, 0.05) is 10.9 Å². The standard InChI is InChI=1S/C23H22N2O6/c1-5-31-23(27)19-17(12-10-15(28-2)21(30-4)16(11-12)29-3)18-20(26)13-8-6-7-9-14(13)24-22(18)25-19/h6-11H,5H2,1-4H3,(H2,24,25,26). The fraction of sp³-hybridized carbons (Fsp3) is 0.217. The van der Waals surface area contributed by atoms with E-state index in [1.165, 1.54) is 21.3 Å². The van der Waals surface area contributed by atoms with E-state index in [9.17, 15) is 9.59 Å². The van der Waals surface area contributed by atoms with Gasteiger partial charge in [-0.15, -0.1) is 0 Å². The first-order valence-corrected chi connectivity index (χ1v) is 9.68. The van der Waals surface area contributed by atoms with Crippen molar-refractivity contribution in [3.8, 4) is 28.4 Å². The number of methoxy groups -OCH3 is 3. The van der Waals surface area contributed by atoms with Gasteiger partial charge >= 0.3 is 5.97 Å². The van der Waals surface area contributed by atoms with Crippen molar-refractivity contribution in [1.82, 2.24) is 9.97 Å². The largest absolute Gasteiger partial charge is 0.493 e. The lowest BCUT2D eigenvalue weighted by Gasteiger charge is -2.14. The van der Waals surface area contributed by atoms with Crippen LogP contribution < -0.4 is 19.6 Å². The summed E-state index contributed by atoms with van der Waals surface area (Å²) in [6.45, 7) is 1.91. The molecular formula is C23H22N2O6. The fourth-order valence-electron chi connectivity index (χ4n) is 3.75. The van der Waals surface area contributed by atoms with Crippen molar-refractivity contribution >= 4 is 27.9 Å². The Kier molecular flexibility index (Phi) is 5.29. The minimum atomic E-state index is -0.570. The first kappa shape index (κ1) is 20.3. The van der Waals surface area contributed by atoms with Gasteiger partial charge in [-0.25, -0.2) is 4.79 Å². The van der Waals surface area contributed by atoms with Crippen molar-refractivity contribution < 1.29 is 23.7 Å². The molecule has 0 aliphatic rings. The molecule has 0 radical (unpaired) electrons. The Morgan fingerprint density at radius 3 is 2.26 bits per heavy atom. The van der Waals surface area contributed by atoms with E-state index in [1.54, 1.807) is 37.3 Å². The summed E-state index contributed by atoms with van der Waals surface area (Å²) in [7, 11) is 4.51. The number of carbonyl (C=O) groups excluding carboxylic acids is 1. The molecule has 2 N–H and O–H groups in total. The van der Waals surface area contributed by atoms with Crippen molar-refractivity contribution in [3.63, 3.8) is 0 Å². The SMILES string of the molecule is CCOC(=O)c1[nH]c2[nH]c3ccccc3c(=O)c2c1-c1cc(OC)c(OC)c(OC)c1. The molecule has 0 aliphatic carbocycles. The molecule has 0 saturated heterocycles. The summed E-state index contributed by atoms with van der Waals surface area (Å²) in [5.74, 6) is 0.640. The lowest BCUT2D eigenvalue weighted by molar-refractivity contribution is 0.0521. The normalized spacial score (nSPS) is 11.0.